The Labute approximate surface area is 186 Å². The van der Waals surface area contributed by atoms with Gasteiger partial charge in [-0.05, 0) is 37.6 Å². The zero-order chi connectivity index (χ0) is 23.8. The van der Waals surface area contributed by atoms with Crippen molar-refractivity contribution in [3.63, 3.8) is 0 Å². The van der Waals surface area contributed by atoms with E-state index in [9.17, 15) is 17.2 Å². The molecule has 2 aromatic heterocycles. The molecule has 0 bridgehead atoms. The molecular formula is C20H19F2N5O5S. The average molecular weight is 479 g/mol. The van der Waals surface area contributed by atoms with Gasteiger partial charge in [0.05, 0.1) is 31.0 Å². The first-order valence-electron chi connectivity index (χ1n) is 9.63. The molecule has 0 unspecified atom stereocenters. The minimum Gasteiger partial charge on any atom is -0.495 e. The molecule has 2 heterocycles. The number of ether oxygens (including phenoxy) is 2. The van der Waals surface area contributed by atoms with Crippen molar-refractivity contribution < 1.29 is 31.2 Å². The molecule has 0 aliphatic rings. The first-order chi connectivity index (χ1) is 15.7. The number of hydrogen-bond donors (Lipinski definition) is 3. The minimum atomic E-state index is -4.30. The summed E-state index contributed by atoms with van der Waals surface area (Å²) in [6.07, 6.45) is 1.07. The van der Waals surface area contributed by atoms with Crippen LogP contribution in [0.4, 0.5) is 26.1 Å². The number of halogens is 2. The van der Waals surface area contributed by atoms with Gasteiger partial charge in [-0.2, -0.15) is 5.10 Å². The van der Waals surface area contributed by atoms with Crippen LogP contribution in [0, 0.1) is 18.6 Å². The Bertz CT molecular complexity index is 1430. The fourth-order valence-corrected chi connectivity index (χ4v) is 4.25. The van der Waals surface area contributed by atoms with Gasteiger partial charge >= 0.3 is 0 Å². The molecule has 33 heavy (non-hydrogen) atoms. The highest BCUT2D eigenvalue weighted by atomic mass is 32.2. The molecule has 0 radical (unpaired) electrons. The lowest BCUT2D eigenvalue weighted by Gasteiger charge is -2.13. The number of H-pyrrole nitrogens is 1. The summed E-state index contributed by atoms with van der Waals surface area (Å²) in [5.41, 5.74) is 0.718. The molecule has 0 spiro atoms. The van der Waals surface area contributed by atoms with Crippen molar-refractivity contribution in [1.29, 1.82) is 0 Å². The van der Waals surface area contributed by atoms with Gasteiger partial charge in [0.1, 0.15) is 22.2 Å². The molecule has 0 aliphatic carbocycles. The minimum absolute atomic E-state index is 0.00166. The zero-order valence-electron chi connectivity index (χ0n) is 17.7. The molecule has 4 aromatic rings. The summed E-state index contributed by atoms with van der Waals surface area (Å²) in [6.45, 7) is 3.37. The molecule has 2 aromatic carbocycles. The van der Waals surface area contributed by atoms with E-state index in [2.05, 4.69) is 25.4 Å². The first kappa shape index (κ1) is 22.3. The normalized spacial score (nSPS) is 11.5. The number of anilines is 3. The van der Waals surface area contributed by atoms with Crippen molar-refractivity contribution in [2.45, 2.75) is 18.7 Å². The topological polar surface area (TPSA) is 131 Å². The number of benzene rings is 2. The highest BCUT2D eigenvalue weighted by molar-refractivity contribution is 7.92. The standard InChI is InChI=1S/C20H19F2N5O5S/c1-4-31-17-5-10(2)12(21)7-18(17)33(28,29)27-19-11-6-16(30-3)14(8-15(11)32-26-19)24-20-13(22)9-23-25-20/h5-9H,4H2,1-3H3,(H,26,27)(H2,23,24,25). The van der Waals surface area contributed by atoms with Crippen molar-refractivity contribution in [2.75, 3.05) is 23.8 Å². The first-order valence-corrected chi connectivity index (χ1v) is 11.1. The van der Waals surface area contributed by atoms with E-state index in [0.717, 1.165) is 12.3 Å². The fourth-order valence-electron chi connectivity index (χ4n) is 3.09. The summed E-state index contributed by atoms with van der Waals surface area (Å²) in [4.78, 5) is -0.386. The highest BCUT2D eigenvalue weighted by Crippen LogP contribution is 2.37. The SMILES string of the molecule is CCOc1cc(C)c(F)cc1S(=O)(=O)Nc1noc2cc(Nc3n[nH]cc3F)c(OC)cc12. The van der Waals surface area contributed by atoms with E-state index < -0.39 is 21.7 Å². The van der Waals surface area contributed by atoms with Gasteiger partial charge in [0, 0.05) is 6.07 Å². The van der Waals surface area contributed by atoms with Crippen molar-refractivity contribution >= 4 is 38.3 Å². The van der Waals surface area contributed by atoms with Crippen LogP contribution in [-0.2, 0) is 10.0 Å². The van der Waals surface area contributed by atoms with Crippen molar-refractivity contribution in [1.82, 2.24) is 15.4 Å². The third-order valence-corrected chi connectivity index (χ3v) is 6.04. The maximum absolute atomic E-state index is 14.1. The molecule has 10 nitrogen and oxygen atoms in total. The van der Waals surface area contributed by atoms with Crippen LogP contribution in [0.1, 0.15) is 12.5 Å². The van der Waals surface area contributed by atoms with Crippen LogP contribution in [-0.4, -0.2) is 37.5 Å². The van der Waals surface area contributed by atoms with Gasteiger partial charge in [0.2, 0.25) is 0 Å². The lowest BCUT2D eigenvalue weighted by Crippen LogP contribution is -2.15. The summed E-state index contributed by atoms with van der Waals surface area (Å²) in [7, 11) is -2.92. The van der Waals surface area contributed by atoms with Crippen molar-refractivity contribution in [3.8, 4) is 11.5 Å². The molecule has 3 N–H and O–H groups in total. The molecule has 4 rings (SSSR count). The van der Waals surface area contributed by atoms with Gasteiger partial charge in [0.15, 0.2) is 23.0 Å². The van der Waals surface area contributed by atoms with E-state index in [1.807, 2.05) is 0 Å². The van der Waals surface area contributed by atoms with E-state index in [4.69, 9.17) is 14.0 Å². The molecule has 174 valence electrons. The molecule has 0 amide bonds. The second-order valence-corrected chi connectivity index (χ2v) is 8.52. The van der Waals surface area contributed by atoms with Crippen LogP contribution in [0.15, 0.2) is 39.9 Å². The number of methoxy groups -OCH3 is 1. The van der Waals surface area contributed by atoms with E-state index in [1.165, 1.54) is 32.2 Å². The Morgan fingerprint density at radius 2 is 1.91 bits per heavy atom. The number of aromatic nitrogens is 3. The number of hydrogen-bond acceptors (Lipinski definition) is 8. The van der Waals surface area contributed by atoms with Crippen LogP contribution in [0.25, 0.3) is 11.0 Å². The predicted octanol–water partition coefficient (Wildman–Crippen LogP) is 4.09. The van der Waals surface area contributed by atoms with Gasteiger partial charge in [-0.25, -0.2) is 17.2 Å². The summed E-state index contributed by atoms with van der Waals surface area (Å²) in [5.74, 6) is -1.29. The average Bonchev–Trinajstić information content (AvgIpc) is 3.35. The third-order valence-electron chi connectivity index (χ3n) is 4.68. The Morgan fingerprint density at radius 1 is 1.12 bits per heavy atom. The molecule has 0 atom stereocenters. The number of aromatic amines is 1. The van der Waals surface area contributed by atoms with E-state index in [1.54, 1.807) is 6.92 Å². The van der Waals surface area contributed by atoms with Gasteiger partial charge < -0.3 is 19.3 Å². The number of sulfonamides is 1. The lowest BCUT2D eigenvalue weighted by atomic mass is 10.2. The summed E-state index contributed by atoms with van der Waals surface area (Å²) in [5, 5.41) is 12.9. The van der Waals surface area contributed by atoms with Crippen LogP contribution in [0.5, 0.6) is 11.5 Å². The smallest absolute Gasteiger partial charge is 0.266 e. The van der Waals surface area contributed by atoms with Crippen molar-refractivity contribution in [3.05, 3.63) is 47.7 Å². The van der Waals surface area contributed by atoms with Crippen molar-refractivity contribution in [2.24, 2.45) is 0 Å². The van der Waals surface area contributed by atoms with Gasteiger partial charge in [-0.15, -0.1) is 0 Å². The quantitative estimate of drug-likeness (QED) is 0.344. The molecule has 0 aliphatic heterocycles. The molecule has 0 fully saturated rings. The summed E-state index contributed by atoms with van der Waals surface area (Å²) in [6, 6.07) is 5.09. The van der Waals surface area contributed by atoms with Crippen LogP contribution < -0.4 is 19.5 Å². The molecule has 0 saturated heterocycles. The van der Waals surface area contributed by atoms with Crippen LogP contribution >= 0.6 is 0 Å². The second-order valence-electron chi connectivity index (χ2n) is 6.87. The Balaban J connectivity index is 1.72. The van der Waals surface area contributed by atoms with Crippen LogP contribution in [0.2, 0.25) is 0 Å². The van der Waals surface area contributed by atoms with E-state index in [-0.39, 0.29) is 51.2 Å². The number of nitrogens with one attached hydrogen (secondary N) is 3. The number of rotatable bonds is 8. The van der Waals surface area contributed by atoms with Gasteiger partial charge in [-0.1, -0.05) is 5.16 Å². The monoisotopic (exact) mass is 479 g/mol. The molecular weight excluding hydrogens is 460 g/mol. The fraction of sp³-hybridized carbons (Fsp3) is 0.200. The van der Waals surface area contributed by atoms with E-state index >= 15 is 0 Å². The summed E-state index contributed by atoms with van der Waals surface area (Å²) >= 11 is 0. The van der Waals surface area contributed by atoms with Gasteiger partial charge in [-0.3, -0.25) is 9.82 Å². The second kappa shape index (κ2) is 8.58. The maximum atomic E-state index is 14.1. The maximum Gasteiger partial charge on any atom is 0.266 e. The lowest BCUT2D eigenvalue weighted by molar-refractivity contribution is 0.330. The van der Waals surface area contributed by atoms with Crippen LogP contribution in [0.3, 0.4) is 0 Å². The number of aryl methyl sites for hydroxylation is 1. The Morgan fingerprint density at radius 3 is 2.58 bits per heavy atom. The Hall–Kier alpha value is -3.87. The predicted molar refractivity (Wildman–Crippen MR) is 116 cm³/mol. The summed E-state index contributed by atoms with van der Waals surface area (Å²) < 4.78 is 72.2. The number of fused-ring (bicyclic) bond motifs is 1. The van der Waals surface area contributed by atoms with Gasteiger partial charge in [0.25, 0.3) is 10.0 Å². The molecule has 13 heteroatoms. The third kappa shape index (κ3) is 4.26. The number of nitrogens with zero attached hydrogens (tertiary/aromatic N) is 2. The Kier molecular flexibility index (Phi) is 5.80. The largest absolute Gasteiger partial charge is 0.495 e. The van der Waals surface area contributed by atoms with E-state index in [0.29, 0.717) is 5.69 Å². The highest BCUT2D eigenvalue weighted by Gasteiger charge is 2.25. The zero-order valence-corrected chi connectivity index (χ0v) is 18.5. The molecule has 0 saturated carbocycles.